The third-order valence-electron chi connectivity index (χ3n) is 3.65. The molecule has 0 spiro atoms. The Labute approximate surface area is 149 Å². The first-order valence-electron chi connectivity index (χ1n) is 7.54. The van der Waals surface area contributed by atoms with Crippen molar-refractivity contribution in [2.75, 3.05) is 11.9 Å². The molecule has 1 aliphatic rings. The summed E-state index contributed by atoms with van der Waals surface area (Å²) >= 11 is 5.76. The average molecular weight is 364 g/mol. The molecule has 0 atom stereocenters. The number of carbonyl (C=O) groups is 1. The predicted molar refractivity (Wildman–Crippen MR) is 90.4 cm³/mol. The van der Waals surface area contributed by atoms with Crippen LogP contribution in [0, 0.1) is 17.6 Å². The molecule has 2 aromatic rings. The summed E-state index contributed by atoms with van der Waals surface area (Å²) in [5.41, 5.74) is 1.80. The summed E-state index contributed by atoms with van der Waals surface area (Å²) < 4.78 is 27.8. The van der Waals surface area contributed by atoms with Crippen molar-refractivity contribution < 1.29 is 18.4 Å². The maximum absolute atomic E-state index is 14.2. The molecule has 128 valence electrons. The smallest absolute Gasteiger partial charge is 0.277 e. The fourth-order valence-electron chi connectivity index (χ4n) is 2.10. The zero-order valence-corrected chi connectivity index (χ0v) is 13.7. The summed E-state index contributed by atoms with van der Waals surface area (Å²) in [6, 6.07) is 3.39. The lowest BCUT2D eigenvalue weighted by molar-refractivity contribution is 0.0270. The Bertz CT molecular complexity index is 818. The number of benzene rings is 1. The maximum atomic E-state index is 14.2. The number of hydrogen-bond donors (Lipinski definition) is 2. The highest BCUT2D eigenvalue weighted by molar-refractivity contribution is 6.38. The highest BCUT2D eigenvalue weighted by atomic mass is 35.5. The van der Waals surface area contributed by atoms with Crippen LogP contribution in [0.3, 0.4) is 0 Å². The van der Waals surface area contributed by atoms with Crippen molar-refractivity contribution in [2.24, 2.45) is 5.92 Å². The van der Waals surface area contributed by atoms with Crippen LogP contribution in [0.2, 0.25) is 5.02 Å². The third-order valence-corrected chi connectivity index (χ3v) is 3.85. The molecule has 1 fully saturated rings. The van der Waals surface area contributed by atoms with Gasteiger partial charge >= 0.3 is 0 Å². The van der Waals surface area contributed by atoms with Gasteiger partial charge in [-0.3, -0.25) is 9.63 Å². The Hall–Kier alpha value is -2.19. The molecule has 1 aromatic heterocycles. The number of pyridine rings is 1. The van der Waals surface area contributed by atoms with Gasteiger partial charge in [-0.25, -0.2) is 19.2 Å². The summed E-state index contributed by atoms with van der Waals surface area (Å²) in [6.45, 7) is 0.379. The van der Waals surface area contributed by atoms with Gasteiger partial charge in [-0.15, -0.1) is 0 Å². The van der Waals surface area contributed by atoms with Crippen molar-refractivity contribution in [1.82, 2.24) is 10.5 Å². The molecule has 1 aromatic carbocycles. The molecule has 9 heteroatoms. The number of halogens is 3. The van der Waals surface area contributed by atoms with E-state index in [9.17, 15) is 13.6 Å². The molecule has 1 aliphatic carbocycles. The molecular formula is C16H13BClF2N3O2. The SMILES string of the molecule is [B]c1cc(Cl)cnc1Nc1c(C(=O)NOCC2CC2)ccc(F)c1F. The summed E-state index contributed by atoms with van der Waals surface area (Å²) in [5.74, 6) is -2.59. The first kappa shape index (κ1) is 17.6. The fraction of sp³-hybridized carbons (Fsp3) is 0.250. The lowest BCUT2D eigenvalue weighted by Crippen LogP contribution is -2.26. The van der Waals surface area contributed by atoms with Crippen LogP contribution in [0.4, 0.5) is 20.3 Å². The Morgan fingerprint density at radius 3 is 2.84 bits per heavy atom. The Kier molecular flexibility index (Phi) is 5.20. The fourth-order valence-corrected chi connectivity index (χ4v) is 2.27. The van der Waals surface area contributed by atoms with E-state index in [-0.39, 0.29) is 21.9 Å². The van der Waals surface area contributed by atoms with Crippen LogP contribution in [0.15, 0.2) is 24.4 Å². The van der Waals surface area contributed by atoms with Crippen LogP contribution >= 0.6 is 11.6 Å². The standard InChI is InChI=1S/C16H13BClF2N3O2/c17-11-5-9(18)6-21-15(11)22-14-10(3-4-12(19)13(14)20)16(24)23-25-7-8-1-2-8/h3-6,8H,1-2,7H2,(H,21,22)(H,23,24). The van der Waals surface area contributed by atoms with Gasteiger partial charge in [0, 0.05) is 6.20 Å². The normalized spacial score (nSPS) is 13.6. The number of anilines is 2. The van der Waals surface area contributed by atoms with E-state index >= 15 is 0 Å². The van der Waals surface area contributed by atoms with Crippen LogP contribution in [-0.4, -0.2) is 25.3 Å². The molecule has 0 aliphatic heterocycles. The monoisotopic (exact) mass is 363 g/mol. The number of amides is 1. The van der Waals surface area contributed by atoms with Gasteiger partial charge in [0.25, 0.3) is 5.91 Å². The molecule has 1 saturated carbocycles. The summed E-state index contributed by atoms with van der Waals surface area (Å²) in [5, 5.41) is 2.83. The van der Waals surface area contributed by atoms with E-state index in [1.165, 1.54) is 12.3 Å². The molecule has 0 saturated heterocycles. The van der Waals surface area contributed by atoms with Crippen molar-refractivity contribution >= 4 is 42.3 Å². The first-order chi connectivity index (χ1) is 12.0. The Morgan fingerprint density at radius 2 is 2.16 bits per heavy atom. The van der Waals surface area contributed by atoms with E-state index in [1.807, 2.05) is 0 Å². The van der Waals surface area contributed by atoms with Crippen LogP contribution in [0.1, 0.15) is 23.2 Å². The van der Waals surface area contributed by atoms with E-state index in [4.69, 9.17) is 24.3 Å². The number of nitrogens with one attached hydrogen (secondary N) is 2. The van der Waals surface area contributed by atoms with E-state index in [0.717, 1.165) is 25.0 Å². The van der Waals surface area contributed by atoms with Gasteiger partial charge in [0.1, 0.15) is 13.7 Å². The number of hydrogen-bond acceptors (Lipinski definition) is 4. The lowest BCUT2D eigenvalue weighted by atomic mass is 9.97. The van der Waals surface area contributed by atoms with Crippen LogP contribution in [0.25, 0.3) is 0 Å². The van der Waals surface area contributed by atoms with Crippen molar-refractivity contribution in [3.05, 3.63) is 46.6 Å². The highest BCUT2D eigenvalue weighted by Gasteiger charge is 2.23. The largest absolute Gasteiger partial charge is 0.338 e. The van der Waals surface area contributed by atoms with Crippen molar-refractivity contribution in [3.8, 4) is 0 Å². The topological polar surface area (TPSA) is 63.2 Å². The summed E-state index contributed by atoms with van der Waals surface area (Å²) in [4.78, 5) is 21.2. The van der Waals surface area contributed by atoms with Crippen LogP contribution in [0.5, 0.6) is 0 Å². The van der Waals surface area contributed by atoms with Gasteiger partial charge in [0.15, 0.2) is 11.6 Å². The molecule has 3 rings (SSSR count). The second kappa shape index (κ2) is 7.37. The second-order valence-electron chi connectivity index (χ2n) is 5.69. The molecule has 1 heterocycles. The van der Waals surface area contributed by atoms with Gasteiger partial charge in [-0.1, -0.05) is 17.1 Å². The molecular weight excluding hydrogens is 350 g/mol. The molecule has 0 unspecified atom stereocenters. The predicted octanol–water partition coefficient (Wildman–Crippen LogP) is 2.62. The Balaban J connectivity index is 1.85. The lowest BCUT2D eigenvalue weighted by Gasteiger charge is -2.14. The quantitative estimate of drug-likeness (QED) is 0.612. The summed E-state index contributed by atoms with van der Waals surface area (Å²) in [6.07, 6.45) is 3.39. The number of aromatic nitrogens is 1. The minimum absolute atomic E-state index is 0.0434. The first-order valence-corrected chi connectivity index (χ1v) is 7.91. The maximum Gasteiger partial charge on any atom is 0.277 e. The van der Waals surface area contributed by atoms with Gasteiger partial charge in [0.2, 0.25) is 0 Å². The van der Waals surface area contributed by atoms with E-state index in [2.05, 4.69) is 15.8 Å². The van der Waals surface area contributed by atoms with Gasteiger partial charge < -0.3 is 5.32 Å². The van der Waals surface area contributed by atoms with Crippen molar-refractivity contribution in [3.63, 3.8) is 0 Å². The van der Waals surface area contributed by atoms with E-state index < -0.39 is 23.2 Å². The molecule has 1 amide bonds. The van der Waals surface area contributed by atoms with Gasteiger partial charge in [-0.2, -0.15) is 0 Å². The second-order valence-corrected chi connectivity index (χ2v) is 6.12. The zero-order valence-electron chi connectivity index (χ0n) is 13.0. The third kappa shape index (κ3) is 4.26. The number of nitrogens with zero attached hydrogens (tertiary/aromatic N) is 1. The number of carbonyl (C=O) groups excluding carboxylic acids is 1. The molecule has 2 radical (unpaired) electrons. The highest BCUT2D eigenvalue weighted by Crippen LogP contribution is 2.29. The van der Waals surface area contributed by atoms with E-state index in [0.29, 0.717) is 12.5 Å². The van der Waals surface area contributed by atoms with E-state index in [1.54, 1.807) is 0 Å². The van der Waals surface area contributed by atoms with Gasteiger partial charge in [0.05, 0.1) is 22.9 Å². The Morgan fingerprint density at radius 1 is 1.40 bits per heavy atom. The number of hydroxylamine groups is 1. The number of rotatable bonds is 6. The molecule has 2 N–H and O–H groups in total. The molecule has 0 bridgehead atoms. The summed E-state index contributed by atoms with van der Waals surface area (Å²) in [7, 11) is 5.75. The van der Waals surface area contributed by atoms with Gasteiger partial charge in [-0.05, 0) is 37.0 Å². The average Bonchev–Trinajstić information content (AvgIpc) is 3.38. The van der Waals surface area contributed by atoms with Crippen molar-refractivity contribution in [2.45, 2.75) is 12.8 Å². The molecule has 5 nitrogen and oxygen atoms in total. The van der Waals surface area contributed by atoms with Crippen LogP contribution in [-0.2, 0) is 4.84 Å². The van der Waals surface area contributed by atoms with Crippen LogP contribution < -0.4 is 16.3 Å². The minimum Gasteiger partial charge on any atom is -0.338 e. The zero-order chi connectivity index (χ0) is 18.0. The molecule has 25 heavy (non-hydrogen) atoms. The van der Waals surface area contributed by atoms with Crippen molar-refractivity contribution in [1.29, 1.82) is 0 Å². The minimum atomic E-state index is -1.23.